The number of nitro groups is 1. The molecule has 1 rings (SSSR count). The summed E-state index contributed by atoms with van der Waals surface area (Å²) in [7, 11) is 1.42. The predicted octanol–water partition coefficient (Wildman–Crippen LogP) is 1.33. The van der Waals surface area contributed by atoms with Gasteiger partial charge >= 0.3 is 11.1 Å². The number of nitrogens with zero attached hydrogens (tertiary/aromatic N) is 3. The molecule has 0 amide bonds. The molecule has 1 heterocycles. The summed E-state index contributed by atoms with van der Waals surface area (Å²) in [5.74, 6) is -0.408. The molecule has 9 heteroatoms. The molecule has 0 aliphatic carbocycles. The summed E-state index contributed by atoms with van der Waals surface area (Å²) in [6.45, 7) is 1.66. The van der Waals surface area contributed by atoms with Crippen LogP contribution in [0.25, 0.3) is 0 Å². The zero-order chi connectivity index (χ0) is 13.7. The Morgan fingerprint density at radius 1 is 1.72 bits per heavy atom. The van der Waals surface area contributed by atoms with Crippen LogP contribution in [0, 0.1) is 10.1 Å². The minimum atomic E-state index is -0.886. The molecule has 0 radical (unpaired) electrons. The Balaban J connectivity index is 3.00. The van der Waals surface area contributed by atoms with Crippen LogP contribution in [0.5, 0.6) is 0 Å². The first-order chi connectivity index (χ1) is 8.51. The van der Waals surface area contributed by atoms with E-state index >= 15 is 0 Å². The van der Waals surface area contributed by atoms with E-state index in [1.165, 1.54) is 11.7 Å². The summed E-state index contributed by atoms with van der Waals surface area (Å²) in [4.78, 5) is 13.5. The standard InChI is InChI=1S/C9H14ClN3O5/c1-3-6(14)8(18-5-17-2)12-4-7(13(15)16)11-9(12)10/h4,6,8,14H,3,5H2,1-2H3. The number of halogens is 1. The first-order valence-electron chi connectivity index (χ1n) is 5.18. The van der Waals surface area contributed by atoms with Crippen molar-refractivity contribution in [2.45, 2.75) is 25.7 Å². The van der Waals surface area contributed by atoms with Gasteiger partial charge in [-0.05, 0) is 27.9 Å². The summed E-state index contributed by atoms with van der Waals surface area (Å²) < 4.78 is 11.2. The van der Waals surface area contributed by atoms with Crippen LogP contribution in [0.1, 0.15) is 19.6 Å². The zero-order valence-corrected chi connectivity index (χ0v) is 10.7. The summed E-state index contributed by atoms with van der Waals surface area (Å²) in [6.07, 6.45) is -0.270. The molecule has 0 saturated carbocycles. The van der Waals surface area contributed by atoms with Gasteiger partial charge in [-0.25, -0.2) is 0 Å². The quantitative estimate of drug-likeness (QED) is 0.459. The lowest BCUT2D eigenvalue weighted by Gasteiger charge is -2.22. The highest BCUT2D eigenvalue weighted by Crippen LogP contribution is 2.24. The van der Waals surface area contributed by atoms with Gasteiger partial charge in [0.15, 0.2) is 6.23 Å². The summed E-state index contributed by atoms with van der Waals surface area (Å²) in [5, 5.41) is 20.3. The van der Waals surface area contributed by atoms with Crippen molar-refractivity contribution in [2.24, 2.45) is 0 Å². The van der Waals surface area contributed by atoms with Crippen LogP contribution in [0.15, 0.2) is 6.20 Å². The molecule has 0 saturated heterocycles. The number of hydrogen-bond donors (Lipinski definition) is 1. The molecule has 0 aliphatic heterocycles. The maximum atomic E-state index is 10.6. The fraction of sp³-hybridized carbons (Fsp3) is 0.667. The fourth-order valence-electron chi connectivity index (χ4n) is 1.34. The van der Waals surface area contributed by atoms with Gasteiger partial charge in [0.25, 0.3) is 0 Å². The molecule has 18 heavy (non-hydrogen) atoms. The van der Waals surface area contributed by atoms with Crippen LogP contribution in [0.2, 0.25) is 5.28 Å². The first kappa shape index (κ1) is 14.8. The van der Waals surface area contributed by atoms with E-state index in [2.05, 4.69) is 4.98 Å². The topological polar surface area (TPSA) is 99.6 Å². The van der Waals surface area contributed by atoms with E-state index in [1.807, 2.05) is 0 Å². The Morgan fingerprint density at radius 2 is 2.39 bits per heavy atom. The molecule has 0 aliphatic rings. The molecule has 8 nitrogen and oxygen atoms in total. The number of methoxy groups -OCH3 is 1. The minimum absolute atomic E-state index is 0.0793. The van der Waals surface area contributed by atoms with E-state index in [0.29, 0.717) is 6.42 Å². The lowest BCUT2D eigenvalue weighted by atomic mass is 10.2. The second kappa shape index (κ2) is 6.64. The number of ether oxygens (including phenoxy) is 2. The van der Waals surface area contributed by atoms with E-state index in [4.69, 9.17) is 21.1 Å². The van der Waals surface area contributed by atoms with Gasteiger partial charge in [-0.15, -0.1) is 0 Å². The van der Waals surface area contributed by atoms with E-state index in [0.717, 1.165) is 6.20 Å². The van der Waals surface area contributed by atoms with Crippen molar-refractivity contribution in [1.82, 2.24) is 9.55 Å². The van der Waals surface area contributed by atoms with E-state index in [9.17, 15) is 15.2 Å². The number of aliphatic hydroxyl groups is 1. The third-order valence-electron chi connectivity index (χ3n) is 2.24. The Labute approximate surface area is 108 Å². The van der Waals surface area contributed by atoms with Crippen molar-refractivity contribution in [3.8, 4) is 0 Å². The van der Waals surface area contributed by atoms with Gasteiger partial charge in [-0.1, -0.05) is 6.92 Å². The van der Waals surface area contributed by atoms with Crippen molar-refractivity contribution in [3.63, 3.8) is 0 Å². The lowest BCUT2D eigenvalue weighted by molar-refractivity contribution is -0.389. The maximum Gasteiger partial charge on any atom is 0.383 e. The molecule has 0 spiro atoms. The average Bonchev–Trinajstić information content (AvgIpc) is 2.72. The molecular formula is C9H14ClN3O5. The van der Waals surface area contributed by atoms with Gasteiger partial charge < -0.3 is 24.7 Å². The lowest BCUT2D eigenvalue weighted by Crippen LogP contribution is -2.26. The highest BCUT2D eigenvalue weighted by molar-refractivity contribution is 6.28. The Bertz CT molecular complexity index is 411. The van der Waals surface area contributed by atoms with E-state index in [1.54, 1.807) is 6.92 Å². The van der Waals surface area contributed by atoms with Gasteiger partial charge in [0.1, 0.15) is 13.0 Å². The van der Waals surface area contributed by atoms with Gasteiger partial charge in [0.05, 0.1) is 6.10 Å². The second-order valence-corrected chi connectivity index (χ2v) is 3.81. The summed E-state index contributed by atoms with van der Waals surface area (Å²) >= 11 is 5.78. The minimum Gasteiger partial charge on any atom is -0.388 e. The average molecular weight is 280 g/mol. The molecule has 1 aromatic heterocycles. The normalized spacial score (nSPS) is 14.4. The van der Waals surface area contributed by atoms with Crippen LogP contribution < -0.4 is 0 Å². The van der Waals surface area contributed by atoms with E-state index in [-0.39, 0.29) is 12.1 Å². The van der Waals surface area contributed by atoms with Gasteiger partial charge in [0.2, 0.25) is 0 Å². The molecule has 0 fully saturated rings. The van der Waals surface area contributed by atoms with Crippen LogP contribution in [-0.2, 0) is 9.47 Å². The Morgan fingerprint density at radius 3 is 2.83 bits per heavy atom. The van der Waals surface area contributed by atoms with Crippen LogP contribution in [-0.4, -0.2) is 39.6 Å². The molecule has 2 unspecified atom stereocenters. The molecule has 102 valence electrons. The van der Waals surface area contributed by atoms with Crippen molar-refractivity contribution in [1.29, 1.82) is 0 Å². The molecule has 0 aromatic carbocycles. The fourth-order valence-corrected chi connectivity index (χ4v) is 1.57. The van der Waals surface area contributed by atoms with Gasteiger partial charge in [-0.2, -0.15) is 0 Å². The summed E-state index contributed by atoms with van der Waals surface area (Å²) in [6, 6.07) is 0. The number of imidazole rings is 1. The number of rotatable bonds is 7. The maximum absolute atomic E-state index is 10.6. The number of aromatic nitrogens is 2. The molecule has 1 aromatic rings. The number of hydrogen-bond acceptors (Lipinski definition) is 6. The van der Waals surface area contributed by atoms with Crippen LogP contribution in [0.3, 0.4) is 0 Å². The predicted molar refractivity (Wildman–Crippen MR) is 62.2 cm³/mol. The van der Waals surface area contributed by atoms with Crippen molar-refractivity contribution >= 4 is 17.4 Å². The highest BCUT2D eigenvalue weighted by Gasteiger charge is 2.27. The summed E-state index contributed by atoms with van der Waals surface area (Å²) in [5.41, 5.74) is 0. The first-order valence-corrected chi connectivity index (χ1v) is 5.56. The third kappa shape index (κ3) is 3.39. The van der Waals surface area contributed by atoms with Crippen LogP contribution in [0.4, 0.5) is 5.82 Å². The van der Waals surface area contributed by atoms with Gasteiger partial charge in [0, 0.05) is 7.11 Å². The third-order valence-corrected chi connectivity index (χ3v) is 2.52. The van der Waals surface area contributed by atoms with Crippen molar-refractivity contribution in [2.75, 3.05) is 13.9 Å². The van der Waals surface area contributed by atoms with E-state index < -0.39 is 23.1 Å². The SMILES string of the molecule is CCC(O)C(OCOC)n1cc([N+](=O)[O-])nc1Cl. The van der Waals surface area contributed by atoms with Crippen molar-refractivity contribution < 1.29 is 19.5 Å². The Kier molecular flexibility index (Phi) is 5.48. The number of aliphatic hydroxyl groups excluding tert-OH is 1. The second-order valence-electron chi connectivity index (χ2n) is 3.47. The van der Waals surface area contributed by atoms with Crippen LogP contribution >= 0.6 is 11.6 Å². The monoisotopic (exact) mass is 279 g/mol. The molecule has 2 atom stereocenters. The molecule has 0 bridgehead atoms. The zero-order valence-electron chi connectivity index (χ0n) is 9.95. The smallest absolute Gasteiger partial charge is 0.383 e. The molecular weight excluding hydrogens is 266 g/mol. The molecule has 1 N–H and O–H groups in total. The highest BCUT2D eigenvalue weighted by atomic mass is 35.5. The van der Waals surface area contributed by atoms with Gasteiger partial charge in [-0.3, -0.25) is 4.57 Å². The Hall–Kier alpha value is -1.22. The van der Waals surface area contributed by atoms with Crippen molar-refractivity contribution in [3.05, 3.63) is 21.6 Å². The largest absolute Gasteiger partial charge is 0.388 e.